The van der Waals surface area contributed by atoms with Crippen LogP contribution in [-0.2, 0) is 17.7 Å². The molecule has 0 aliphatic carbocycles. The third-order valence-corrected chi connectivity index (χ3v) is 2.75. The van der Waals surface area contributed by atoms with Crippen LogP contribution in [0.2, 0.25) is 0 Å². The number of imidazole rings is 1. The zero-order chi connectivity index (χ0) is 12.1. The Hall–Kier alpha value is -1.13. The van der Waals surface area contributed by atoms with Crippen molar-refractivity contribution >= 4 is 22.8 Å². The van der Waals surface area contributed by atoms with Crippen molar-refractivity contribution in [3.63, 3.8) is 0 Å². The predicted octanol–water partition coefficient (Wildman–Crippen LogP) is 2.25. The molecule has 0 saturated carbocycles. The molecule has 0 unspecified atom stereocenters. The number of hydrogen-bond donors (Lipinski definition) is 0. The molecule has 2 aromatic rings. The molecule has 0 saturated heterocycles. The number of pyridine rings is 1. The van der Waals surface area contributed by atoms with Crippen LogP contribution in [0.25, 0.3) is 11.2 Å². The Morgan fingerprint density at radius 3 is 3.12 bits per heavy atom. The summed E-state index contributed by atoms with van der Waals surface area (Å²) in [5, 5.41) is 0. The van der Waals surface area contributed by atoms with Gasteiger partial charge in [0.1, 0.15) is 11.3 Å². The minimum atomic E-state index is 0.567. The van der Waals surface area contributed by atoms with Crippen LogP contribution >= 0.6 is 11.6 Å². The first kappa shape index (κ1) is 12.3. The zero-order valence-electron chi connectivity index (χ0n) is 9.90. The summed E-state index contributed by atoms with van der Waals surface area (Å²) in [6, 6.07) is 3.87. The monoisotopic (exact) mass is 253 g/mol. The van der Waals surface area contributed by atoms with Gasteiger partial charge in [-0.05, 0) is 19.1 Å². The molecule has 0 fully saturated rings. The zero-order valence-corrected chi connectivity index (χ0v) is 10.7. The van der Waals surface area contributed by atoms with Crippen molar-refractivity contribution in [3.8, 4) is 0 Å². The molecule has 5 heteroatoms. The molecular formula is C12H16ClN3O. The summed E-state index contributed by atoms with van der Waals surface area (Å²) in [5.41, 5.74) is 1.83. The third-order valence-electron chi connectivity index (χ3n) is 2.56. The number of fused-ring (bicyclic) bond motifs is 1. The number of ether oxygens (including phenoxy) is 1. The fraction of sp³-hybridized carbons (Fsp3) is 0.500. The molecular weight excluding hydrogens is 238 g/mol. The number of nitrogens with zero attached hydrogens (tertiary/aromatic N) is 3. The molecule has 0 spiro atoms. The van der Waals surface area contributed by atoms with Gasteiger partial charge in [-0.25, -0.2) is 9.97 Å². The normalized spacial score (nSPS) is 11.2. The van der Waals surface area contributed by atoms with E-state index in [1.165, 1.54) is 0 Å². The molecule has 0 aliphatic heterocycles. The highest BCUT2D eigenvalue weighted by Gasteiger charge is 2.10. The smallest absolute Gasteiger partial charge is 0.160 e. The Kier molecular flexibility index (Phi) is 4.34. The largest absolute Gasteiger partial charge is 0.380 e. The van der Waals surface area contributed by atoms with E-state index in [2.05, 4.69) is 14.5 Å². The molecule has 0 bridgehead atoms. The molecule has 0 radical (unpaired) electrons. The highest BCUT2D eigenvalue weighted by atomic mass is 35.5. The molecule has 0 N–H and O–H groups in total. The summed E-state index contributed by atoms with van der Waals surface area (Å²) in [6.45, 7) is 4.16. The molecule has 0 aromatic carbocycles. The Balaban J connectivity index is 2.30. The van der Waals surface area contributed by atoms with Crippen molar-refractivity contribution in [2.24, 2.45) is 0 Å². The van der Waals surface area contributed by atoms with Crippen LogP contribution in [-0.4, -0.2) is 33.6 Å². The lowest BCUT2D eigenvalue weighted by Gasteiger charge is -2.07. The minimum Gasteiger partial charge on any atom is -0.380 e. The summed E-state index contributed by atoms with van der Waals surface area (Å²) in [5.74, 6) is 1.55. The van der Waals surface area contributed by atoms with Crippen LogP contribution in [0.1, 0.15) is 12.7 Å². The maximum atomic E-state index is 5.79. The van der Waals surface area contributed by atoms with Crippen molar-refractivity contribution in [3.05, 3.63) is 24.2 Å². The molecule has 0 amide bonds. The highest BCUT2D eigenvalue weighted by Crippen LogP contribution is 2.14. The van der Waals surface area contributed by atoms with Crippen LogP contribution in [0.3, 0.4) is 0 Å². The number of rotatable bonds is 6. The Morgan fingerprint density at radius 1 is 1.47 bits per heavy atom. The average Bonchev–Trinajstić information content (AvgIpc) is 2.69. The fourth-order valence-electron chi connectivity index (χ4n) is 1.82. The van der Waals surface area contributed by atoms with Crippen molar-refractivity contribution < 1.29 is 4.74 Å². The summed E-state index contributed by atoms with van der Waals surface area (Å²) < 4.78 is 7.47. The van der Waals surface area contributed by atoms with Crippen LogP contribution in [0.5, 0.6) is 0 Å². The summed E-state index contributed by atoms with van der Waals surface area (Å²) in [4.78, 5) is 8.91. The van der Waals surface area contributed by atoms with E-state index in [0.29, 0.717) is 12.5 Å². The van der Waals surface area contributed by atoms with Gasteiger partial charge in [0.05, 0.1) is 6.61 Å². The second-order valence-electron chi connectivity index (χ2n) is 3.66. The quantitative estimate of drug-likeness (QED) is 0.586. The molecule has 0 atom stereocenters. The first-order valence-electron chi connectivity index (χ1n) is 5.80. The van der Waals surface area contributed by atoms with Crippen molar-refractivity contribution in [1.29, 1.82) is 0 Å². The summed E-state index contributed by atoms with van der Waals surface area (Å²) in [7, 11) is 0. The van der Waals surface area contributed by atoms with Gasteiger partial charge in [-0.3, -0.25) is 0 Å². The first-order chi connectivity index (χ1) is 8.36. The van der Waals surface area contributed by atoms with Gasteiger partial charge in [-0.2, -0.15) is 0 Å². The van der Waals surface area contributed by atoms with Crippen LogP contribution in [0.15, 0.2) is 18.3 Å². The molecule has 92 valence electrons. The number of hydrogen-bond acceptors (Lipinski definition) is 3. The Labute approximate surface area is 106 Å². The van der Waals surface area contributed by atoms with E-state index in [4.69, 9.17) is 16.3 Å². The van der Waals surface area contributed by atoms with E-state index in [1.54, 1.807) is 6.20 Å². The molecule has 2 heterocycles. The molecule has 2 aromatic heterocycles. The van der Waals surface area contributed by atoms with Crippen LogP contribution < -0.4 is 0 Å². The number of aryl methyl sites for hydroxylation is 1. The second kappa shape index (κ2) is 5.98. The topological polar surface area (TPSA) is 39.9 Å². The maximum absolute atomic E-state index is 5.79. The van der Waals surface area contributed by atoms with E-state index in [-0.39, 0.29) is 0 Å². The minimum absolute atomic E-state index is 0.567. The third kappa shape index (κ3) is 2.76. The van der Waals surface area contributed by atoms with E-state index in [9.17, 15) is 0 Å². The van der Waals surface area contributed by atoms with Crippen molar-refractivity contribution in [1.82, 2.24) is 14.5 Å². The van der Waals surface area contributed by atoms with E-state index in [0.717, 1.165) is 36.6 Å². The highest BCUT2D eigenvalue weighted by molar-refractivity contribution is 6.17. The second-order valence-corrected chi connectivity index (χ2v) is 4.04. The van der Waals surface area contributed by atoms with Gasteiger partial charge in [-0.15, -0.1) is 11.6 Å². The number of aromatic nitrogens is 3. The molecule has 0 aliphatic rings. The predicted molar refractivity (Wildman–Crippen MR) is 68.4 cm³/mol. The average molecular weight is 254 g/mol. The van der Waals surface area contributed by atoms with Gasteiger partial charge in [0.2, 0.25) is 0 Å². The van der Waals surface area contributed by atoms with Gasteiger partial charge in [-0.1, -0.05) is 0 Å². The SMILES string of the molecule is CCOCCn1c(CCCl)nc2cccnc21. The molecule has 4 nitrogen and oxygen atoms in total. The van der Waals surface area contributed by atoms with Gasteiger partial charge in [0.25, 0.3) is 0 Å². The van der Waals surface area contributed by atoms with Gasteiger partial charge in [0, 0.05) is 31.6 Å². The number of halogens is 1. The van der Waals surface area contributed by atoms with E-state index >= 15 is 0 Å². The lowest BCUT2D eigenvalue weighted by molar-refractivity contribution is 0.139. The van der Waals surface area contributed by atoms with Crippen LogP contribution in [0.4, 0.5) is 0 Å². The first-order valence-corrected chi connectivity index (χ1v) is 6.34. The lowest BCUT2D eigenvalue weighted by Crippen LogP contribution is -2.10. The van der Waals surface area contributed by atoms with Crippen molar-refractivity contribution in [2.45, 2.75) is 19.9 Å². The summed E-state index contributed by atoms with van der Waals surface area (Å²) >= 11 is 5.79. The van der Waals surface area contributed by atoms with Crippen LogP contribution in [0, 0.1) is 0 Å². The van der Waals surface area contributed by atoms with E-state index < -0.39 is 0 Å². The van der Waals surface area contributed by atoms with Gasteiger partial charge >= 0.3 is 0 Å². The van der Waals surface area contributed by atoms with Crippen molar-refractivity contribution in [2.75, 3.05) is 19.1 Å². The standard InChI is InChI=1S/C12H16ClN3O/c1-2-17-9-8-16-11(5-6-13)15-10-4-3-7-14-12(10)16/h3-4,7H,2,5-6,8-9H2,1H3. The Bertz CT molecular complexity index is 484. The van der Waals surface area contributed by atoms with Gasteiger partial charge < -0.3 is 9.30 Å². The Morgan fingerprint density at radius 2 is 2.35 bits per heavy atom. The lowest BCUT2D eigenvalue weighted by atomic mass is 10.4. The van der Waals surface area contributed by atoms with E-state index in [1.807, 2.05) is 19.1 Å². The summed E-state index contributed by atoms with van der Waals surface area (Å²) in [6.07, 6.45) is 2.54. The molecule has 2 rings (SSSR count). The molecule has 17 heavy (non-hydrogen) atoms. The maximum Gasteiger partial charge on any atom is 0.160 e. The number of alkyl halides is 1. The van der Waals surface area contributed by atoms with Gasteiger partial charge in [0.15, 0.2) is 5.65 Å². The fourth-order valence-corrected chi connectivity index (χ4v) is 1.98.